The van der Waals surface area contributed by atoms with Crippen molar-refractivity contribution in [1.29, 1.82) is 0 Å². The summed E-state index contributed by atoms with van der Waals surface area (Å²) in [5.74, 6) is -1.14. The largest absolute Gasteiger partial charge is 0.478 e. The zero-order valence-electron chi connectivity index (χ0n) is 22.3. The Balaban J connectivity index is 1.35. The normalized spacial score (nSPS) is 12.6. The van der Waals surface area contributed by atoms with Gasteiger partial charge in [-0.2, -0.15) is 0 Å². The molecule has 4 aromatic carbocycles. The zero-order chi connectivity index (χ0) is 29.8. The third-order valence-electron chi connectivity index (χ3n) is 6.75. The van der Waals surface area contributed by atoms with Crippen LogP contribution in [-0.4, -0.2) is 32.0 Å². The lowest BCUT2D eigenvalue weighted by Gasteiger charge is -2.18. The van der Waals surface area contributed by atoms with E-state index in [1.54, 1.807) is 47.1 Å². The lowest BCUT2D eigenvalue weighted by atomic mass is 10.0. The molecule has 0 radical (unpaired) electrons. The second-order valence-electron chi connectivity index (χ2n) is 9.55. The number of aromatic nitrogens is 3. The average molecular weight is 624 g/mol. The van der Waals surface area contributed by atoms with Gasteiger partial charge in [-0.05, 0) is 66.1 Å². The summed E-state index contributed by atoms with van der Waals surface area (Å²) in [5, 5.41) is 22.4. The maximum Gasteiger partial charge on any atom is 0.349 e. The summed E-state index contributed by atoms with van der Waals surface area (Å²) in [7, 11) is 0. The van der Waals surface area contributed by atoms with Gasteiger partial charge in [0.15, 0.2) is 0 Å². The molecule has 0 aliphatic heterocycles. The lowest BCUT2D eigenvalue weighted by Crippen LogP contribution is -2.28. The zero-order valence-corrected chi connectivity index (χ0v) is 24.6. The number of carbonyl (C=O) groups excluding carboxylic acids is 1. The Morgan fingerprint density at radius 1 is 0.952 bits per heavy atom. The molecule has 1 unspecified atom stereocenters. The van der Waals surface area contributed by atoms with Crippen molar-refractivity contribution in [3.05, 3.63) is 122 Å². The molecule has 11 heteroatoms. The summed E-state index contributed by atoms with van der Waals surface area (Å²) in [6.45, 7) is 2.25. The van der Waals surface area contributed by atoms with Gasteiger partial charge < -0.3 is 15.2 Å². The Morgan fingerprint density at radius 2 is 1.74 bits per heavy atom. The van der Waals surface area contributed by atoms with E-state index in [0.29, 0.717) is 32.2 Å². The molecule has 1 amide bonds. The molecule has 8 nitrogen and oxygen atoms in total. The van der Waals surface area contributed by atoms with Crippen molar-refractivity contribution in [2.45, 2.75) is 32.0 Å². The van der Waals surface area contributed by atoms with E-state index in [9.17, 15) is 14.7 Å². The lowest BCUT2D eigenvalue weighted by molar-refractivity contribution is -0.145. The highest BCUT2D eigenvalue weighted by Gasteiger charge is 2.25. The Bertz CT molecular complexity index is 1760. The number of carboxylic acids is 1. The number of halogens is 3. The van der Waals surface area contributed by atoms with Crippen molar-refractivity contribution < 1.29 is 19.4 Å². The highest BCUT2D eigenvalue weighted by atomic mass is 35.5. The minimum Gasteiger partial charge on any atom is -0.478 e. The van der Waals surface area contributed by atoms with Crippen LogP contribution < -0.4 is 10.1 Å². The number of rotatable bonds is 10. The number of nitrogens with one attached hydrogen (secondary N) is 1. The van der Waals surface area contributed by atoms with Crippen LogP contribution in [0.5, 0.6) is 5.75 Å². The van der Waals surface area contributed by atoms with E-state index in [4.69, 9.17) is 39.5 Å². The first-order valence-electron chi connectivity index (χ1n) is 13.1. The molecule has 0 spiro atoms. The van der Waals surface area contributed by atoms with E-state index in [0.717, 1.165) is 12.0 Å². The summed E-state index contributed by atoms with van der Waals surface area (Å²) in [4.78, 5) is 25.1. The molecule has 0 aliphatic carbocycles. The second-order valence-corrected chi connectivity index (χ2v) is 10.8. The topological polar surface area (TPSA) is 106 Å². The van der Waals surface area contributed by atoms with Gasteiger partial charge in [0.1, 0.15) is 11.3 Å². The van der Waals surface area contributed by atoms with Crippen molar-refractivity contribution in [1.82, 2.24) is 20.3 Å². The van der Waals surface area contributed by atoms with E-state index >= 15 is 0 Å². The molecule has 1 heterocycles. The second kappa shape index (κ2) is 12.8. The van der Waals surface area contributed by atoms with Gasteiger partial charge in [0.05, 0.1) is 18.1 Å². The number of amides is 1. The number of nitrogens with zero attached hydrogens (tertiary/aromatic N) is 3. The number of hydrogen-bond acceptors (Lipinski definition) is 5. The van der Waals surface area contributed by atoms with E-state index in [1.165, 1.54) is 12.1 Å². The number of hydrogen-bond donors (Lipinski definition) is 2. The smallest absolute Gasteiger partial charge is 0.349 e. The van der Waals surface area contributed by atoms with Gasteiger partial charge in [-0.25, -0.2) is 9.48 Å². The highest BCUT2D eigenvalue weighted by Crippen LogP contribution is 2.32. The molecule has 0 fully saturated rings. The van der Waals surface area contributed by atoms with Gasteiger partial charge >= 0.3 is 5.97 Å². The van der Waals surface area contributed by atoms with Gasteiger partial charge in [0.2, 0.25) is 6.10 Å². The van der Waals surface area contributed by atoms with Crippen molar-refractivity contribution in [2.24, 2.45) is 0 Å². The predicted octanol–water partition coefficient (Wildman–Crippen LogP) is 7.53. The SMILES string of the molecule is CC[C@@H](NC(=O)c1ccc2c(c1)nnn2Cc1cc(OC(C(=O)O)c2ccc(Cl)cc2Cl)ccc1Cl)c1ccccc1. The van der Waals surface area contributed by atoms with Crippen LogP contribution >= 0.6 is 34.8 Å². The minimum atomic E-state index is -1.37. The molecule has 0 aliphatic rings. The molecule has 5 aromatic rings. The Morgan fingerprint density at radius 3 is 2.45 bits per heavy atom. The van der Waals surface area contributed by atoms with Crippen molar-refractivity contribution in [3.8, 4) is 5.75 Å². The summed E-state index contributed by atoms with van der Waals surface area (Å²) < 4.78 is 7.47. The fourth-order valence-corrected chi connectivity index (χ4v) is 5.27. The molecule has 1 aromatic heterocycles. The molecule has 2 N–H and O–H groups in total. The molecule has 2 atom stereocenters. The van der Waals surface area contributed by atoms with E-state index in [2.05, 4.69) is 15.6 Å². The fourth-order valence-electron chi connectivity index (χ4n) is 4.58. The first kappa shape index (κ1) is 29.4. The first-order chi connectivity index (χ1) is 20.2. The number of aliphatic carboxylic acids is 1. The van der Waals surface area contributed by atoms with E-state index in [-0.39, 0.29) is 34.8 Å². The summed E-state index contributed by atoms with van der Waals surface area (Å²) in [6, 6.07) is 24.3. The summed E-state index contributed by atoms with van der Waals surface area (Å²) in [6.07, 6.45) is -0.618. The molecule has 0 saturated carbocycles. The van der Waals surface area contributed by atoms with Crippen LogP contribution in [0.15, 0.2) is 84.9 Å². The van der Waals surface area contributed by atoms with Crippen LogP contribution in [-0.2, 0) is 11.3 Å². The van der Waals surface area contributed by atoms with Gasteiger partial charge in [0, 0.05) is 26.2 Å². The maximum absolute atomic E-state index is 13.0. The third kappa shape index (κ3) is 6.51. The van der Waals surface area contributed by atoms with Crippen molar-refractivity contribution >= 4 is 57.7 Å². The molecule has 214 valence electrons. The standard InChI is InChI=1S/C31H25Cl3N4O4/c1-2-26(18-6-4-3-5-7-18)35-30(39)19-8-13-28-27(15-19)36-37-38(28)17-20-14-22(10-12-24(20)33)42-29(31(40)41)23-11-9-21(32)16-25(23)34/h3-16,26,29H,2,17H2,1H3,(H,35,39)(H,40,41)/t26-,29?/m1/s1. The quantitative estimate of drug-likeness (QED) is 0.167. The van der Waals surface area contributed by atoms with Gasteiger partial charge in [0.25, 0.3) is 5.91 Å². The summed E-state index contributed by atoms with van der Waals surface area (Å²) in [5.41, 5.74) is 3.64. The van der Waals surface area contributed by atoms with Crippen LogP contribution in [0, 0.1) is 0 Å². The molecule has 0 saturated heterocycles. The van der Waals surface area contributed by atoms with Crippen LogP contribution in [0.25, 0.3) is 11.0 Å². The van der Waals surface area contributed by atoms with Crippen LogP contribution in [0.3, 0.4) is 0 Å². The number of carbonyl (C=O) groups is 2. The summed E-state index contributed by atoms with van der Waals surface area (Å²) >= 11 is 18.7. The first-order valence-corrected chi connectivity index (χ1v) is 14.2. The average Bonchev–Trinajstić information content (AvgIpc) is 3.38. The highest BCUT2D eigenvalue weighted by molar-refractivity contribution is 6.35. The Hall–Kier alpha value is -4.11. The van der Waals surface area contributed by atoms with Crippen LogP contribution in [0.2, 0.25) is 15.1 Å². The van der Waals surface area contributed by atoms with Crippen LogP contribution in [0.1, 0.15) is 52.5 Å². The van der Waals surface area contributed by atoms with E-state index in [1.807, 2.05) is 37.3 Å². The third-order valence-corrected chi connectivity index (χ3v) is 7.68. The van der Waals surface area contributed by atoms with Crippen molar-refractivity contribution in [2.75, 3.05) is 0 Å². The minimum absolute atomic E-state index is 0.113. The number of benzene rings is 4. The molecule has 0 bridgehead atoms. The van der Waals surface area contributed by atoms with Gasteiger partial charge in [-0.1, -0.05) is 83.3 Å². The predicted molar refractivity (Wildman–Crippen MR) is 162 cm³/mol. The van der Waals surface area contributed by atoms with Crippen molar-refractivity contribution in [3.63, 3.8) is 0 Å². The molecular weight excluding hydrogens is 599 g/mol. The fraction of sp³-hybridized carbons (Fsp3) is 0.161. The molecule has 42 heavy (non-hydrogen) atoms. The Labute approximate surface area is 256 Å². The van der Waals surface area contributed by atoms with Gasteiger partial charge in [-0.3, -0.25) is 4.79 Å². The van der Waals surface area contributed by atoms with Crippen LogP contribution in [0.4, 0.5) is 0 Å². The number of fused-ring (bicyclic) bond motifs is 1. The number of ether oxygens (including phenoxy) is 1. The van der Waals surface area contributed by atoms with Gasteiger partial charge in [-0.15, -0.1) is 5.10 Å². The monoisotopic (exact) mass is 622 g/mol. The molecule has 5 rings (SSSR count). The van der Waals surface area contributed by atoms with E-state index < -0.39 is 12.1 Å². The number of carboxylic acid groups (broad SMARTS) is 1. The Kier molecular flexibility index (Phi) is 8.97. The maximum atomic E-state index is 13.0. The molecular formula is C31H25Cl3N4O4.